The highest BCUT2D eigenvalue weighted by Gasteiger charge is 2.17. The second-order valence-corrected chi connectivity index (χ2v) is 6.28. The molecular formula is C19H18F2N4. The minimum atomic E-state index is -0.630. The minimum absolute atomic E-state index is 0.269. The van der Waals surface area contributed by atoms with Crippen LogP contribution in [-0.4, -0.2) is 29.6 Å². The molecule has 4 rings (SSSR count). The number of nitrogens with zero attached hydrogens (tertiary/aromatic N) is 2. The summed E-state index contributed by atoms with van der Waals surface area (Å²) in [5, 5.41) is 7.32. The summed E-state index contributed by atoms with van der Waals surface area (Å²) in [7, 11) is 0. The van der Waals surface area contributed by atoms with E-state index in [9.17, 15) is 8.78 Å². The van der Waals surface area contributed by atoms with E-state index in [-0.39, 0.29) is 5.56 Å². The van der Waals surface area contributed by atoms with Gasteiger partial charge in [0.15, 0.2) is 0 Å². The maximum atomic E-state index is 14.3. The van der Waals surface area contributed by atoms with Crippen molar-refractivity contribution < 1.29 is 8.78 Å². The van der Waals surface area contributed by atoms with Gasteiger partial charge in [0.2, 0.25) is 5.95 Å². The Morgan fingerprint density at radius 3 is 2.80 bits per heavy atom. The van der Waals surface area contributed by atoms with Crippen molar-refractivity contribution in [3.8, 4) is 11.3 Å². The van der Waals surface area contributed by atoms with Gasteiger partial charge in [0, 0.05) is 23.6 Å². The van der Waals surface area contributed by atoms with Crippen LogP contribution in [0.15, 0.2) is 42.5 Å². The van der Waals surface area contributed by atoms with Gasteiger partial charge in [-0.15, -0.1) is 0 Å². The van der Waals surface area contributed by atoms with Gasteiger partial charge in [-0.25, -0.2) is 18.7 Å². The topological polar surface area (TPSA) is 49.8 Å². The molecule has 1 unspecified atom stereocenters. The highest BCUT2D eigenvalue weighted by molar-refractivity contribution is 5.93. The Hall–Kier alpha value is -2.60. The van der Waals surface area contributed by atoms with Gasteiger partial charge in [-0.2, -0.15) is 0 Å². The number of benzene rings is 2. The third-order valence-electron chi connectivity index (χ3n) is 4.50. The molecule has 2 N–H and O–H groups in total. The Balaban J connectivity index is 1.75. The number of hydrogen-bond acceptors (Lipinski definition) is 4. The average molecular weight is 340 g/mol. The van der Waals surface area contributed by atoms with Crippen molar-refractivity contribution in [2.75, 3.05) is 25.0 Å². The molecule has 3 aromatic rings. The molecule has 0 spiro atoms. The predicted octanol–water partition coefficient (Wildman–Crippen LogP) is 3.60. The second kappa shape index (κ2) is 6.72. The Morgan fingerprint density at radius 2 is 2.00 bits per heavy atom. The molecule has 1 saturated heterocycles. The monoisotopic (exact) mass is 340 g/mol. The van der Waals surface area contributed by atoms with Crippen molar-refractivity contribution in [2.24, 2.45) is 5.92 Å². The summed E-state index contributed by atoms with van der Waals surface area (Å²) < 4.78 is 27.6. The van der Waals surface area contributed by atoms with E-state index in [1.807, 2.05) is 24.3 Å². The molecule has 1 fully saturated rings. The maximum absolute atomic E-state index is 14.3. The fraction of sp³-hybridized carbons (Fsp3) is 0.263. The smallest absolute Gasteiger partial charge is 0.223 e. The molecule has 0 amide bonds. The van der Waals surface area contributed by atoms with E-state index in [1.54, 1.807) is 0 Å². The third-order valence-corrected chi connectivity index (χ3v) is 4.50. The minimum Gasteiger partial charge on any atom is -0.354 e. The number of halogens is 2. The van der Waals surface area contributed by atoms with Gasteiger partial charge < -0.3 is 10.6 Å². The molecule has 0 radical (unpaired) electrons. The number of nitrogens with one attached hydrogen (secondary N) is 2. The van der Waals surface area contributed by atoms with Gasteiger partial charge in [-0.05, 0) is 43.6 Å². The summed E-state index contributed by atoms with van der Waals surface area (Å²) in [6.45, 7) is 2.76. The van der Waals surface area contributed by atoms with E-state index < -0.39 is 11.6 Å². The lowest BCUT2D eigenvalue weighted by Crippen LogP contribution is -2.18. The molecule has 1 atom stereocenters. The Morgan fingerprint density at radius 1 is 1.12 bits per heavy atom. The van der Waals surface area contributed by atoms with Crippen LogP contribution in [0.3, 0.4) is 0 Å². The van der Waals surface area contributed by atoms with Gasteiger partial charge in [0.25, 0.3) is 0 Å². The molecule has 6 heteroatoms. The van der Waals surface area contributed by atoms with Crippen LogP contribution in [0, 0.1) is 17.6 Å². The highest BCUT2D eigenvalue weighted by atomic mass is 19.1. The summed E-state index contributed by atoms with van der Waals surface area (Å²) in [4.78, 5) is 9.05. The third kappa shape index (κ3) is 3.30. The van der Waals surface area contributed by atoms with E-state index in [4.69, 9.17) is 0 Å². The lowest BCUT2D eigenvalue weighted by atomic mass is 10.1. The summed E-state index contributed by atoms with van der Waals surface area (Å²) in [6, 6.07) is 11.0. The summed E-state index contributed by atoms with van der Waals surface area (Å²) in [5.74, 6) is -0.244. The fourth-order valence-corrected chi connectivity index (χ4v) is 3.17. The largest absolute Gasteiger partial charge is 0.354 e. The number of hydrogen-bond donors (Lipinski definition) is 2. The standard InChI is InChI=1S/C19H18F2N4/c20-13-5-6-14(16(21)9-13)18-15-3-1-2-4-17(15)24-19(25-18)23-11-12-7-8-22-10-12/h1-6,9,12,22H,7-8,10-11H2,(H,23,24,25). The van der Waals surface area contributed by atoms with Crippen molar-refractivity contribution >= 4 is 16.9 Å². The van der Waals surface area contributed by atoms with Gasteiger partial charge in [-0.3, -0.25) is 0 Å². The van der Waals surface area contributed by atoms with Crippen LogP contribution in [-0.2, 0) is 0 Å². The molecule has 0 saturated carbocycles. The molecule has 2 aromatic carbocycles. The first kappa shape index (κ1) is 15.9. The van der Waals surface area contributed by atoms with E-state index in [2.05, 4.69) is 20.6 Å². The predicted molar refractivity (Wildman–Crippen MR) is 94.4 cm³/mol. The quantitative estimate of drug-likeness (QED) is 0.762. The van der Waals surface area contributed by atoms with Crippen LogP contribution in [0.5, 0.6) is 0 Å². The molecule has 1 aliphatic rings. The molecule has 2 heterocycles. The first-order valence-corrected chi connectivity index (χ1v) is 8.37. The van der Waals surface area contributed by atoms with E-state index >= 15 is 0 Å². The van der Waals surface area contributed by atoms with Crippen LogP contribution < -0.4 is 10.6 Å². The van der Waals surface area contributed by atoms with Gasteiger partial charge >= 0.3 is 0 Å². The summed E-state index contributed by atoms with van der Waals surface area (Å²) >= 11 is 0. The normalized spacial score (nSPS) is 17.1. The van der Waals surface area contributed by atoms with Crippen molar-refractivity contribution in [1.29, 1.82) is 0 Å². The molecule has 0 aliphatic carbocycles. The van der Waals surface area contributed by atoms with Crippen molar-refractivity contribution in [3.63, 3.8) is 0 Å². The first-order chi connectivity index (χ1) is 12.2. The fourth-order valence-electron chi connectivity index (χ4n) is 3.17. The lowest BCUT2D eigenvalue weighted by molar-refractivity contribution is 0.585. The summed E-state index contributed by atoms with van der Waals surface area (Å²) in [6.07, 6.45) is 1.11. The molecule has 1 aliphatic heterocycles. The molecule has 1 aromatic heterocycles. The number of fused-ring (bicyclic) bond motifs is 1. The van der Waals surface area contributed by atoms with Crippen LogP contribution in [0.2, 0.25) is 0 Å². The summed E-state index contributed by atoms with van der Waals surface area (Å²) in [5.41, 5.74) is 1.46. The Bertz CT molecular complexity index is 907. The number of aromatic nitrogens is 2. The first-order valence-electron chi connectivity index (χ1n) is 8.37. The Kier molecular flexibility index (Phi) is 4.28. The molecule has 4 nitrogen and oxygen atoms in total. The molecule has 128 valence electrons. The number of rotatable bonds is 4. The number of anilines is 1. The van der Waals surface area contributed by atoms with Crippen molar-refractivity contribution in [3.05, 3.63) is 54.1 Å². The Labute approximate surface area is 144 Å². The molecule has 0 bridgehead atoms. The van der Waals surface area contributed by atoms with Gasteiger partial charge in [0.05, 0.1) is 11.2 Å². The second-order valence-electron chi connectivity index (χ2n) is 6.28. The zero-order chi connectivity index (χ0) is 17.2. The molecule has 25 heavy (non-hydrogen) atoms. The van der Waals surface area contributed by atoms with E-state index in [1.165, 1.54) is 12.1 Å². The molecular weight excluding hydrogens is 322 g/mol. The van der Waals surface area contributed by atoms with E-state index in [0.717, 1.165) is 43.0 Å². The maximum Gasteiger partial charge on any atom is 0.223 e. The SMILES string of the molecule is Fc1ccc(-c2nc(NCC3CCNC3)nc3ccccc23)c(F)c1. The van der Waals surface area contributed by atoms with Crippen molar-refractivity contribution in [2.45, 2.75) is 6.42 Å². The van der Waals surface area contributed by atoms with Crippen LogP contribution in [0.1, 0.15) is 6.42 Å². The lowest BCUT2D eigenvalue weighted by Gasteiger charge is -2.13. The van der Waals surface area contributed by atoms with Crippen molar-refractivity contribution in [1.82, 2.24) is 15.3 Å². The van der Waals surface area contributed by atoms with Crippen LogP contribution in [0.25, 0.3) is 22.2 Å². The van der Waals surface area contributed by atoms with E-state index in [0.29, 0.717) is 17.6 Å². The van der Waals surface area contributed by atoms with Crippen LogP contribution >= 0.6 is 0 Å². The zero-order valence-corrected chi connectivity index (χ0v) is 13.6. The van der Waals surface area contributed by atoms with Gasteiger partial charge in [0.1, 0.15) is 11.6 Å². The highest BCUT2D eigenvalue weighted by Crippen LogP contribution is 2.29. The average Bonchev–Trinajstić information content (AvgIpc) is 3.13. The van der Waals surface area contributed by atoms with Gasteiger partial charge in [-0.1, -0.05) is 18.2 Å². The van der Waals surface area contributed by atoms with Crippen LogP contribution in [0.4, 0.5) is 14.7 Å². The number of para-hydroxylation sites is 1. The zero-order valence-electron chi connectivity index (χ0n) is 13.6.